The Kier molecular flexibility index (Phi) is 7.94. The summed E-state index contributed by atoms with van der Waals surface area (Å²) in [6, 6.07) is 5.70. The lowest BCUT2D eigenvalue weighted by atomic mass is 9.82. The van der Waals surface area contributed by atoms with E-state index < -0.39 is 12.7 Å². The Hall–Kier alpha value is -4.11. The summed E-state index contributed by atoms with van der Waals surface area (Å²) in [6.45, 7) is 27.1. The molecule has 0 radical (unpaired) electrons. The average Bonchev–Trinajstić information content (AvgIpc) is 2.99. The van der Waals surface area contributed by atoms with E-state index in [-0.39, 0.29) is 52.6 Å². The minimum atomic E-state index is -0.944. The van der Waals surface area contributed by atoms with Crippen LogP contribution in [0.2, 0.25) is 0 Å². The Morgan fingerprint density at radius 2 is 1.08 bits per heavy atom. The van der Waals surface area contributed by atoms with Gasteiger partial charge < -0.3 is 24.8 Å². The third-order valence-electron chi connectivity index (χ3n) is 10.5. The number of nitrogens with zero attached hydrogens (tertiary/aromatic N) is 3. The van der Waals surface area contributed by atoms with Gasteiger partial charge in [0.15, 0.2) is 23.0 Å². The molecule has 1 fully saturated rings. The number of aromatic hydroxyl groups is 3. The predicted octanol–water partition coefficient (Wildman–Crippen LogP) is 8.22. The zero-order chi connectivity index (χ0) is 36.3. The summed E-state index contributed by atoms with van der Waals surface area (Å²) in [5.74, 6) is 1.12. The van der Waals surface area contributed by atoms with Crippen LogP contribution in [0.1, 0.15) is 118 Å². The Morgan fingerprint density at radius 1 is 0.653 bits per heavy atom. The Balaban J connectivity index is 1.52. The van der Waals surface area contributed by atoms with Crippen molar-refractivity contribution in [2.45, 2.75) is 139 Å². The van der Waals surface area contributed by atoms with Gasteiger partial charge in [0.2, 0.25) is 12.7 Å². The first kappa shape index (κ1) is 34.7. The number of carbonyl (C=O) groups excluding carboxylic acids is 1. The molecule has 0 spiro atoms. The Labute approximate surface area is 291 Å². The highest BCUT2D eigenvalue weighted by Crippen LogP contribution is 2.50. The molecule has 2 atom stereocenters. The van der Waals surface area contributed by atoms with Gasteiger partial charge in [-0.1, -0.05) is 80.5 Å². The van der Waals surface area contributed by atoms with Crippen molar-refractivity contribution in [2.75, 3.05) is 0 Å². The van der Waals surface area contributed by atoms with Crippen molar-refractivity contribution >= 4 is 6.03 Å². The summed E-state index contributed by atoms with van der Waals surface area (Å²) < 4.78 is 13.4. The predicted molar refractivity (Wildman–Crippen MR) is 190 cm³/mol. The van der Waals surface area contributed by atoms with Gasteiger partial charge in [-0.15, -0.1) is 0 Å². The van der Waals surface area contributed by atoms with Gasteiger partial charge in [-0.25, -0.2) is 4.79 Å². The molecule has 0 bridgehead atoms. The molecule has 3 N–H and O–H groups in total. The maximum atomic E-state index is 14.8. The average molecular weight is 672 g/mol. The lowest BCUT2D eigenvalue weighted by Gasteiger charge is -2.55. The monoisotopic (exact) mass is 671 g/mol. The highest BCUT2D eigenvalue weighted by molar-refractivity contribution is 5.77. The summed E-state index contributed by atoms with van der Waals surface area (Å²) in [7, 11) is 0. The minimum Gasteiger partial charge on any atom is -0.507 e. The van der Waals surface area contributed by atoms with Crippen molar-refractivity contribution in [2.24, 2.45) is 0 Å². The molecule has 9 heteroatoms. The van der Waals surface area contributed by atoms with Crippen molar-refractivity contribution in [1.82, 2.24) is 14.7 Å². The zero-order valence-electron chi connectivity index (χ0n) is 31.4. The van der Waals surface area contributed by atoms with E-state index in [0.717, 1.165) is 50.1 Å². The van der Waals surface area contributed by atoms with Crippen LogP contribution in [0.5, 0.6) is 28.7 Å². The first-order chi connectivity index (χ1) is 22.5. The van der Waals surface area contributed by atoms with E-state index in [1.54, 1.807) is 9.80 Å². The maximum Gasteiger partial charge on any atom is 0.328 e. The van der Waals surface area contributed by atoms with Crippen molar-refractivity contribution in [3.63, 3.8) is 0 Å². The molecular weight excluding hydrogens is 618 g/mol. The van der Waals surface area contributed by atoms with Crippen LogP contribution in [0.15, 0.2) is 18.2 Å². The number of benzene rings is 3. The van der Waals surface area contributed by atoms with Crippen LogP contribution in [0.3, 0.4) is 0 Å². The molecule has 3 aromatic rings. The number of carbonyl (C=O) groups is 1. The summed E-state index contributed by atoms with van der Waals surface area (Å²) in [6.07, 6.45) is -1.82. The van der Waals surface area contributed by atoms with Crippen LogP contribution >= 0.6 is 0 Å². The summed E-state index contributed by atoms with van der Waals surface area (Å²) in [5.41, 5.74) is 7.42. The van der Waals surface area contributed by atoms with Crippen LogP contribution in [-0.4, -0.2) is 48.8 Å². The van der Waals surface area contributed by atoms with Crippen LogP contribution in [0.25, 0.3) is 0 Å². The van der Waals surface area contributed by atoms with Gasteiger partial charge in [0.1, 0.15) is 5.75 Å². The van der Waals surface area contributed by atoms with E-state index in [9.17, 15) is 20.1 Å². The fraction of sp³-hybridized carbons (Fsp3) is 0.525. The number of phenols is 3. The minimum absolute atomic E-state index is 0.0695. The lowest BCUT2D eigenvalue weighted by molar-refractivity contribution is -0.230. The first-order valence-corrected chi connectivity index (χ1v) is 17.2. The van der Waals surface area contributed by atoms with Crippen LogP contribution in [0, 0.1) is 27.7 Å². The van der Waals surface area contributed by atoms with E-state index in [1.165, 1.54) is 0 Å². The van der Waals surface area contributed by atoms with E-state index in [2.05, 4.69) is 20.8 Å². The number of phenolic OH excluding ortho intramolecular Hbond substituents is 3. The SMILES string of the molecule is Cc1cc(C(C)(C)C)c(O)c(C)c1CN1C(=O)N2Cc3c(C)cc(C(C)(C)C)c(O)c3OC2N2Cc3c(C)cc(C(C)(C)C)c(O)c3OC12. The number of ether oxygens (including phenoxy) is 2. The summed E-state index contributed by atoms with van der Waals surface area (Å²) in [5, 5.41) is 34.6. The zero-order valence-corrected chi connectivity index (χ0v) is 31.4. The highest BCUT2D eigenvalue weighted by Gasteiger charge is 2.53. The van der Waals surface area contributed by atoms with Gasteiger partial charge in [-0.2, -0.15) is 4.90 Å². The first-order valence-electron chi connectivity index (χ1n) is 17.2. The molecule has 49 heavy (non-hydrogen) atoms. The molecule has 3 aliphatic rings. The van der Waals surface area contributed by atoms with Gasteiger partial charge in [0.05, 0.1) is 13.1 Å². The highest BCUT2D eigenvalue weighted by atomic mass is 16.6. The number of aryl methyl sites for hydroxylation is 3. The van der Waals surface area contributed by atoms with Gasteiger partial charge in [-0.05, 0) is 77.3 Å². The molecule has 9 nitrogen and oxygen atoms in total. The van der Waals surface area contributed by atoms with Crippen LogP contribution in [0.4, 0.5) is 4.79 Å². The molecule has 3 aliphatic heterocycles. The summed E-state index contributed by atoms with van der Waals surface area (Å²) >= 11 is 0. The molecule has 3 heterocycles. The van der Waals surface area contributed by atoms with Gasteiger partial charge in [0.25, 0.3) is 0 Å². The van der Waals surface area contributed by atoms with Gasteiger partial charge in [-0.3, -0.25) is 9.80 Å². The molecule has 2 unspecified atom stereocenters. The quantitative estimate of drug-likeness (QED) is 0.252. The van der Waals surface area contributed by atoms with Crippen LogP contribution in [-0.2, 0) is 35.9 Å². The Bertz CT molecular complexity index is 1880. The second kappa shape index (κ2) is 11.2. The number of rotatable bonds is 2. The molecule has 2 amide bonds. The number of hydrogen-bond donors (Lipinski definition) is 3. The van der Waals surface area contributed by atoms with Crippen molar-refractivity contribution in [3.8, 4) is 28.7 Å². The van der Waals surface area contributed by atoms with E-state index in [1.807, 2.05) is 92.3 Å². The molecule has 6 rings (SSSR count). The lowest BCUT2D eigenvalue weighted by Crippen LogP contribution is -2.72. The Morgan fingerprint density at radius 3 is 1.57 bits per heavy atom. The molecule has 3 aromatic carbocycles. The summed E-state index contributed by atoms with van der Waals surface area (Å²) in [4.78, 5) is 20.1. The topological polar surface area (TPSA) is 106 Å². The largest absolute Gasteiger partial charge is 0.507 e. The number of amides is 2. The number of fused-ring (bicyclic) bond motifs is 5. The molecule has 0 saturated carbocycles. The maximum absolute atomic E-state index is 14.8. The number of urea groups is 1. The molecular formula is C40H53N3O6. The molecule has 0 aromatic heterocycles. The smallest absolute Gasteiger partial charge is 0.328 e. The normalized spacial score (nSPS) is 19.5. The fourth-order valence-electron chi connectivity index (χ4n) is 7.52. The second-order valence-corrected chi connectivity index (χ2v) is 17.3. The van der Waals surface area contributed by atoms with E-state index >= 15 is 0 Å². The fourth-order valence-corrected chi connectivity index (χ4v) is 7.52. The third kappa shape index (κ3) is 5.54. The second-order valence-electron chi connectivity index (χ2n) is 17.3. The van der Waals surface area contributed by atoms with Crippen molar-refractivity contribution < 1.29 is 29.6 Å². The van der Waals surface area contributed by atoms with Crippen molar-refractivity contribution in [3.05, 3.63) is 73.8 Å². The van der Waals surface area contributed by atoms with Crippen molar-refractivity contribution in [1.29, 1.82) is 0 Å². The van der Waals surface area contributed by atoms with E-state index in [4.69, 9.17) is 9.47 Å². The van der Waals surface area contributed by atoms with Gasteiger partial charge >= 0.3 is 6.03 Å². The molecule has 1 saturated heterocycles. The number of hydrogen-bond acceptors (Lipinski definition) is 7. The van der Waals surface area contributed by atoms with E-state index in [0.29, 0.717) is 23.6 Å². The van der Waals surface area contributed by atoms with Crippen LogP contribution < -0.4 is 9.47 Å². The molecule has 264 valence electrons. The third-order valence-corrected chi connectivity index (χ3v) is 10.5. The molecule has 0 aliphatic carbocycles. The standard InChI is InChI=1S/C40H53N3O6/c1-20-14-27(38(5,6)7)30(44)23(4)24(20)17-41-35(47)42-18-25-21(2)15-28(39(8,9)10)31(45)33(25)48-37(42)43-19-26-22(3)16-29(40(11,12)13)32(46)34(26)49-36(41)43/h14-16,36-37,44-46H,17-19H2,1-13H3. The van der Waals surface area contributed by atoms with Gasteiger partial charge in [0, 0.05) is 28.8 Å².